The summed E-state index contributed by atoms with van der Waals surface area (Å²) in [6.45, 7) is 0. The van der Waals surface area contributed by atoms with Crippen molar-refractivity contribution in [1.82, 2.24) is 35.1 Å². The lowest BCUT2D eigenvalue weighted by Gasteiger charge is -2.24. The van der Waals surface area contributed by atoms with Crippen molar-refractivity contribution in [2.45, 2.75) is 19.3 Å². The molecule has 1 fully saturated rings. The maximum atomic E-state index is 16.0. The highest BCUT2D eigenvalue weighted by Crippen LogP contribution is 2.36. The molecule has 6 heterocycles. The highest BCUT2D eigenvalue weighted by Gasteiger charge is 2.26. The number of carbonyl (C=O) groups excluding carboxylic acids is 1. The van der Waals surface area contributed by atoms with E-state index in [2.05, 4.69) is 40.4 Å². The molecule has 1 amide bonds. The van der Waals surface area contributed by atoms with Gasteiger partial charge in [-0.1, -0.05) is 6.42 Å². The summed E-state index contributed by atoms with van der Waals surface area (Å²) in [7, 11) is 0. The average molecular weight is 529 g/mol. The molecule has 1 aliphatic carbocycles. The topological polar surface area (TPSA) is 125 Å². The summed E-state index contributed by atoms with van der Waals surface area (Å²) >= 11 is 1.01. The lowest BCUT2D eigenvalue weighted by Crippen LogP contribution is -2.28. The fourth-order valence-electron chi connectivity index (χ4n) is 4.59. The van der Waals surface area contributed by atoms with E-state index in [1.54, 1.807) is 24.4 Å². The zero-order valence-corrected chi connectivity index (χ0v) is 20.4. The minimum atomic E-state index is -0.607. The second kappa shape index (κ2) is 8.77. The van der Waals surface area contributed by atoms with Gasteiger partial charge in [0.15, 0.2) is 22.4 Å². The van der Waals surface area contributed by atoms with Gasteiger partial charge < -0.3 is 10.3 Å². The highest BCUT2D eigenvalue weighted by molar-refractivity contribution is 7.14. The van der Waals surface area contributed by atoms with Gasteiger partial charge in [-0.3, -0.25) is 19.9 Å². The third kappa shape index (κ3) is 3.72. The largest absolute Gasteiger partial charge is 0.335 e. The first-order valence-corrected chi connectivity index (χ1v) is 12.8. The number of hydrogen-bond donors (Lipinski definition) is 3. The third-order valence-corrected chi connectivity index (χ3v) is 7.66. The minimum absolute atomic E-state index is 0.0102. The van der Waals surface area contributed by atoms with E-state index in [-0.39, 0.29) is 33.7 Å². The molecule has 1 aliphatic rings. The second-order valence-corrected chi connectivity index (χ2v) is 10.1. The third-order valence-electron chi connectivity index (χ3n) is 6.75. The van der Waals surface area contributed by atoms with E-state index in [9.17, 15) is 9.18 Å². The molecule has 9 nitrogen and oxygen atoms in total. The summed E-state index contributed by atoms with van der Waals surface area (Å²) in [5.41, 5.74) is 3.33. The van der Waals surface area contributed by atoms with Crippen molar-refractivity contribution in [2.24, 2.45) is 5.92 Å². The van der Waals surface area contributed by atoms with Crippen molar-refractivity contribution in [2.75, 3.05) is 5.32 Å². The molecule has 38 heavy (non-hydrogen) atoms. The molecular weight excluding hydrogens is 510 g/mol. The van der Waals surface area contributed by atoms with Gasteiger partial charge >= 0.3 is 0 Å². The summed E-state index contributed by atoms with van der Waals surface area (Å²) in [5, 5.41) is 9.87. The van der Waals surface area contributed by atoms with Crippen molar-refractivity contribution in [3.63, 3.8) is 0 Å². The van der Waals surface area contributed by atoms with Crippen LogP contribution in [0.4, 0.5) is 14.5 Å². The molecule has 0 aromatic carbocycles. The Labute approximate surface area is 217 Å². The Balaban J connectivity index is 1.30. The van der Waals surface area contributed by atoms with E-state index in [1.165, 1.54) is 24.7 Å². The molecule has 12 heteroatoms. The van der Waals surface area contributed by atoms with Crippen LogP contribution in [0.2, 0.25) is 0 Å². The number of carbonyl (C=O) groups is 1. The lowest BCUT2D eigenvalue weighted by molar-refractivity contribution is -0.122. The first-order chi connectivity index (χ1) is 18.5. The Morgan fingerprint density at radius 1 is 1.08 bits per heavy atom. The van der Waals surface area contributed by atoms with Gasteiger partial charge in [0.05, 0.1) is 34.5 Å². The summed E-state index contributed by atoms with van der Waals surface area (Å²) in [4.78, 5) is 33.6. The van der Waals surface area contributed by atoms with E-state index in [0.717, 1.165) is 36.2 Å². The van der Waals surface area contributed by atoms with Crippen LogP contribution in [0.3, 0.4) is 0 Å². The number of pyridine rings is 3. The van der Waals surface area contributed by atoms with Crippen LogP contribution < -0.4 is 5.32 Å². The van der Waals surface area contributed by atoms with Gasteiger partial charge in [0.1, 0.15) is 11.4 Å². The van der Waals surface area contributed by atoms with Crippen molar-refractivity contribution in [3.05, 3.63) is 60.0 Å². The van der Waals surface area contributed by atoms with Crippen LogP contribution in [0.5, 0.6) is 0 Å². The minimum Gasteiger partial charge on any atom is -0.335 e. The number of aromatic nitrogens is 7. The number of thiophene rings is 1. The number of amides is 1. The van der Waals surface area contributed by atoms with Crippen molar-refractivity contribution < 1.29 is 13.6 Å². The number of halogens is 2. The monoisotopic (exact) mass is 528 g/mol. The van der Waals surface area contributed by atoms with Gasteiger partial charge in [-0.2, -0.15) is 9.49 Å². The van der Waals surface area contributed by atoms with Crippen molar-refractivity contribution in [1.29, 1.82) is 0 Å². The number of rotatable bonds is 5. The van der Waals surface area contributed by atoms with E-state index in [1.807, 2.05) is 0 Å². The number of H-pyrrole nitrogens is 2. The molecule has 0 unspecified atom stereocenters. The SMILES string of the molecule is O=C(Nc1cncc(-c2ncc3[nH]nc(-c4nc5nccc(-c6ccc(F)s6)c5[nH]4)c3c2F)c1)C1CCC1. The number of nitrogens with one attached hydrogen (secondary N) is 3. The number of hydrogen-bond acceptors (Lipinski definition) is 7. The molecule has 0 bridgehead atoms. The molecule has 6 aromatic heterocycles. The standard InChI is InChI=1S/C26H18F2N8OS/c27-18-5-4-17(38-18)15-6-7-30-24-22(15)33-25(34-24)23-19-16(35-36-23)11-31-21(20(19)28)13-8-14(10-29-9-13)32-26(37)12-2-1-3-12/h4-12H,1-3H2,(H,32,37)(H,35,36)(H,30,33,34). The van der Waals surface area contributed by atoms with Crippen LogP contribution in [0.25, 0.3) is 55.3 Å². The molecule has 0 saturated heterocycles. The molecule has 1 saturated carbocycles. The molecule has 7 rings (SSSR count). The zero-order chi connectivity index (χ0) is 25.8. The highest BCUT2D eigenvalue weighted by atomic mass is 32.1. The number of aromatic amines is 2. The van der Waals surface area contributed by atoms with Crippen LogP contribution in [0, 0.1) is 16.9 Å². The summed E-state index contributed by atoms with van der Waals surface area (Å²) in [5.74, 6) is -0.348. The van der Waals surface area contributed by atoms with Gasteiger partial charge in [-0.05, 0) is 37.1 Å². The lowest BCUT2D eigenvalue weighted by atomic mass is 9.85. The first-order valence-electron chi connectivity index (χ1n) is 11.9. The molecular formula is C26H18F2N8OS. The quantitative estimate of drug-likeness (QED) is 0.263. The van der Waals surface area contributed by atoms with Gasteiger partial charge in [0.25, 0.3) is 0 Å². The van der Waals surface area contributed by atoms with Crippen LogP contribution in [-0.2, 0) is 4.79 Å². The van der Waals surface area contributed by atoms with E-state index in [4.69, 9.17) is 0 Å². The van der Waals surface area contributed by atoms with Gasteiger partial charge in [0.2, 0.25) is 5.91 Å². The first kappa shape index (κ1) is 22.6. The van der Waals surface area contributed by atoms with Gasteiger partial charge in [-0.15, -0.1) is 11.3 Å². The van der Waals surface area contributed by atoms with E-state index in [0.29, 0.717) is 38.6 Å². The van der Waals surface area contributed by atoms with Gasteiger partial charge in [0, 0.05) is 34.3 Å². The summed E-state index contributed by atoms with van der Waals surface area (Å²) < 4.78 is 29.7. The molecule has 3 N–H and O–H groups in total. The smallest absolute Gasteiger partial charge is 0.227 e. The fraction of sp³-hybridized carbons (Fsp3) is 0.154. The predicted molar refractivity (Wildman–Crippen MR) is 139 cm³/mol. The Hall–Kier alpha value is -4.58. The number of imidazole rings is 1. The molecule has 0 atom stereocenters. The van der Waals surface area contributed by atoms with Crippen LogP contribution in [-0.4, -0.2) is 41.0 Å². The second-order valence-electron chi connectivity index (χ2n) is 9.11. The molecule has 188 valence electrons. The van der Waals surface area contributed by atoms with Crippen molar-refractivity contribution >= 4 is 45.0 Å². The van der Waals surface area contributed by atoms with Crippen LogP contribution >= 0.6 is 11.3 Å². The van der Waals surface area contributed by atoms with Crippen LogP contribution in [0.1, 0.15) is 19.3 Å². The number of fused-ring (bicyclic) bond motifs is 2. The Bertz CT molecular complexity index is 1860. The maximum Gasteiger partial charge on any atom is 0.227 e. The van der Waals surface area contributed by atoms with Crippen molar-refractivity contribution in [3.8, 4) is 33.2 Å². The molecule has 6 aromatic rings. The zero-order valence-electron chi connectivity index (χ0n) is 19.6. The Kier molecular flexibility index (Phi) is 5.22. The normalized spacial score (nSPS) is 13.7. The van der Waals surface area contributed by atoms with E-state index >= 15 is 4.39 Å². The summed E-state index contributed by atoms with van der Waals surface area (Å²) in [6.07, 6.45) is 8.90. The Morgan fingerprint density at radius 3 is 2.76 bits per heavy atom. The van der Waals surface area contributed by atoms with Crippen LogP contribution in [0.15, 0.2) is 49.1 Å². The predicted octanol–water partition coefficient (Wildman–Crippen LogP) is 5.70. The van der Waals surface area contributed by atoms with E-state index < -0.39 is 5.82 Å². The number of nitrogens with zero attached hydrogens (tertiary/aromatic N) is 5. The average Bonchev–Trinajstić information content (AvgIpc) is 3.61. The fourth-order valence-corrected chi connectivity index (χ4v) is 5.35. The number of anilines is 1. The molecule has 0 spiro atoms. The molecule has 0 radical (unpaired) electrons. The Morgan fingerprint density at radius 2 is 1.97 bits per heavy atom. The summed E-state index contributed by atoms with van der Waals surface area (Å²) in [6, 6.07) is 6.51. The maximum absolute atomic E-state index is 16.0. The molecule has 0 aliphatic heterocycles. The van der Waals surface area contributed by atoms with Gasteiger partial charge in [-0.25, -0.2) is 14.4 Å².